The topological polar surface area (TPSA) is 8.17 Å². The molecular weight excluding hydrogens is 881 g/mol. The monoisotopic (exact) mass is 930 g/mol. The Morgan fingerprint density at radius 1 is 0.288 bits per heavy atom. The van der Waals surface area contributed by atoms with E-state index in [0.717, 1.165) is 22.7 Å². The highest BCUT2D eigenvalue weighted by Gasteiger charge is 2.35. The second-order valence-electron chi connectivity index (χ2n) is 20.0. The minimum Gasteiger partial charge on any atom is -0.311 e. The van der Waals surface area contributed by atoms with E-state index in [1.807, 2.05) is 0 Å². The maximum atomic E-state index is 2.41. The number of benzene rings is 12. The molecule has 73 heavy (non-hydrogen) atoms. The van der Waals surface area contributed by atoms with Crippen LogP contribution in [-0.2, 0) is 5.41 Å². The van der Waals surface area contributed by atoms with Gasteiger partial charge in [-0.3, -0.25) is 0 Å². The molecule has 2 nitrogen and oxygen atoms in total. The van der Waals surface area contributed by atoms with Gasteiger partial charge in [-0.2, -0.15) is 0 Å². The minimum atomic E-state index is -0.0632. The lowest BCUT2D eigenvalue weighted by molar-refractivity contribution is 0.660. The molecule has 0 aliphatic heterocycles. The number of nitrogens with zero attached hydrogens (tertiary/aromatic N) is 2. The third-order valence-electron chi connectivity index (χ3n) is 15.6. The van der Waals surface area contributed by atoms with E-state index in [2.05, 4.69) is 290 Å². The van der Waals surface area contributed by atoms with E-state index in [-0.39, 0.29) is 5.41 Å². The van der Waals surface area contributed by atoms with Crippen LogP contribution in [0.5, 0.6) is 0 Å². The second kappa shape index (κ2) is 17.0. The summed E-state index contributed by atoms with van der Waals surface area (Å²) in [6, 6.07) is 98.3. The Bertz CT molecular complexity index is 4180. The van der Waals surface area contributed by atoms with E-state index in [1.165, 1.54) is 110 Å². The number of para-hydroxylation sites is 2. The normalized spacial score (nSPS) is 12.6. The summed E-state index contributed by atoms with van der Waals surface area (Å²) in [6.07, 6.45) is 0. The van der Waals surface area contributed by atoms with E-state index in [9.17, 15) is 0 Å². The van der Waals surface area contributed by atoms with E-state index in [4.69, 9.17) is 0 Å². The van der Waals surface area contributed by atoms with E-state index in [0.29, 0.717) is 0 Å². The number of rotatable bonds is 8. The maximum absolute atomic E-state index is 2.41. The molecule has 0 radical (unpaired) electrons. The van der Waals surface area contributed by atoms with Gasteiger partial charge in [0, 0.05) is 38.9 Å². The largest absolute Gasteiger partial charge is 0.311 e. The van der Waals surface area contributed by atoms with Crippen molar-refractivity contribution >= 4 is 60.4 Å². The molecule has 0 unspecified atom stereocenters. The molecule has 0 amide bonds. The zero-order valence-electron chi connectivity index (χ0n) is 40.8. The summed E-state index contributed by atoms with van der Waals surface area (Å²) in [5, 5.41) is 7.50. The van der Waals surface area contributed by atoms with Crippen LogP contribution in [0.3, 0.4) is 0 Å². The summed E-state index contributed by atoms with van der Waals surface area (Å²) in [6.45, 7) is 4.71. The van der Waals surface area contributed by atoms with Gasteiger partial charge in [0.15, 0.2) is 0 Å². The first kappa shape index (κ1) is 42.6. The van der Waals surface area contributed by atoms with Gasteiger partial charge >= 0.3 is 0 Å². The quantitative estimate of drug-likeness (QED) is 0.138. The first-order chi connectivity index (χ1) is 36.0. The van der Waals surface area contributed by atoms with Gasteiger partial charge in [0.05, 0.1) is 11.0 Å². The molecule has 0 saturated heterocycles. The van der Waals surface area contributed by atoms with Crippen molar-refractivity contribution in [3.8, 4) is 61.3 Å². The molecule has 2 heteroatoms. The molecule has 13 aromatic rings. The van der Waals surface area contributed by atoms with Gasteiger partial charge in [0.25, 0.3) is 0 Å². The smallest absolute Gasteiger partial charge is 0.0541 e. The van der Waals surface area contributed by atoms with Crippen molar-refractivity contribution in [2.75, 3.05) is 4.90 Å². The molecule has 0 spiro atoms. The lowest BCUT2D eigenvalue weighted by Crippen LogP contribution is -2.14. The van der Waals surface area contributed by atoms with E-state index >= 15 is 0 Å². The summed E-state index contributed by atoms with van der Waals surface area (Å²) in [7, 11) is 0. The molecule has 14 rings (SSSR count). The summed E-state index contributed by atoms with van der Waals surface area (Å²) in [5.74, 6) is 0. The number of aromatic nitrogens is 1. The average molecular weight is 931 g/mol. The first-order valence-electron chi connectivity index (χ1n) is 25.4. The predicted molar refractivity (Wildman–Crippen MR) is 310 cm³/mol. The SMILES string of the molecule is CC1(C)c2ccccc2-c2ccc(-c3ccc(N(c4ccc(-c5ccc6c(c5)c5ccccc5n6-c5ccccc5)cc4)c4ccc(-c5c6ccccc6c(-c6ccccc6)c6ccccc56)cc4)cc3)cc21. The Morgan fingerprint density at radius 2 is 0.699 bits per heavy atom. The van der Waals surface area contributed by atoms with Crippen LogP contribution in [0.15, 0.2) is 267 Å². The van der Waals surface area contributed by atoms with Crippen LogP contribution in [0.2, 0.25) is 0 Å². The van der Waals surface area contributed by atoms with Gasteiger partial charge in [-0.15, -0.1) is 0 Å². The Morgan fingerprint density at radius 3 is 1.29 bits per heavy atom. The fraction of sp³-hybridized carbons (Fsp3) is 0.0423. The van der Waals surface area contributed by atoms with Crippen molar-refractivity contribution in [3.63, 3.8) is 0 Å². The van der Waals surface area contributed by atoms with Crippen molar-refractivity contribution in [3.05, 3.63) is 278 Å². The molecule has 1 heterocycles. The molecule has 0 bridgehead atoms. The number of fused-ring (bicyclic) bond motifs is 8. The van der Waals surface area contributed by atoms with Gasteiger partial charge in [0.2, 0.25) is 0 Å². The van der Waals surface area contributed by atoms with Crippen LogP contribution >= 0.6 is 0 Å². The number of anilines is 3. The summed E-state index contributed by atoms with van der Waals surface area (Å²) < 4.78 is 2.38. The first-order valence-corrected chi connectivity index (χ1v) is 25.4. The highest BCUT2D eigenvalue weighted by molar-refractivity contribution is 6.21. The van der Waals surface area contributed by atoms with Gasteiger partial charge in [0.1, 0.15) is 0 Å². The van der Waals surface area contributed by atoms with Gasteiger partial charge in [-0.25, -0.2) is 0 Å². The Labute approximate surface area is 426 Å². The Kier molecular flexibility index (Phi) is 9.91. The van der Waals surface area contributed by atoms with Gasteiger partial charge < -0.3 is 9.47 Å². The molecule has 0 saturated carbocycles. The van der Waals surface area contributed by atoms with Crippen molar-refractivity contribution in [1.82, 2.24) is 4.57 Å². The van der Waals surface area contributed by atoms with Crippen LogP contribution in [0.1, 0.15) is 25.0 Å². The van der Waals surface area contributed by atoms with Crippen LogP contribution in [0.25, 0.3) is 105 Å². The van der Waals surface area contributed by atoms with Crippen molar-refractivity contribution in [2.45, 2.75) is 19.3 Å². The lowest BCUT2D eigenvalue weighted by atomic mass is 9.81. The second-order valence-corrected chi connectivity index (χ2v) is 20.0. The molecule has 0 N–H and O–H groups in total. The molecule has 0 atom stereocenters. The molecule has 1 aromatic heterocycles. The van der Waals surface area contributed by atoms with Crippen molar-refractivity contribution < 1.29 is 0 Å². The average Bonchev–Trinajstić information content (AvgIpc) is 3.90. The van der Waals surface area contributed by atoms with Crippen molar-refractivity contribution in [2.24, 2.45) is 0 Å². The van der Waals surface area contributed by atoms with E-state index < -0.39 is 0 Å². The summed E-state index contributed by atoms with van der Waals surface area (Å²) in [5.41, 5.74) is 22.0. The standard InChI is InChI=1S/C71H50N2/c1-71(2)65-27-15-13-21-57(65)58-43-35-52(46-66(58)71)48-31-39-55(40-32-48)72(54-37-29-47(30-38-54)51-36-44-68-64(45-51)59-22-14-16-28-67(59)73(68)53-19-7-4-8-20-53)56-41-33-50(34-42-56)70-62-25-11-9-23-60(62)69(49-17-5-3-6-18-49)61-24-10-12-26-63(61)70/h3-46H,1-2H3. The molecular formula is C71H50N2. The Hall–Kier alpha value is -9.24. The third kappa shape index (κ3) is 6.94. The van der Waals surface area contributed by atoms with Crippen LogP contribution in [-0.4, -0.2) is 4.57 Å². The summed E-state index contributed by atoms with van der Waals surface area (Å²) in [4.78, 5) is 2.39. The van der Waals surface area contributed by atoms with Crippen molar-refractivity contribution in [1.29, 1.82) is 0 Å². The Balaban J connectivity index is 0.869. The molecule has 0 fully saturated rings. The molecule has 344 valence electrons. The highest BCUT2D eigenvalue weighted by atomic mass is 15.1. The molecule has 1 aliphatic carbocycles. The van der Waals surface area contributed by atoms with Gasteiger partial charge in [-0.05, 0) is 161 Å². The molecule has 12 aromatic carbocycles. The van der Waals surface area contributed by atoms with E-state index in [1.54, 1.807) is 0 Å². The molecule has 1 aliphatic rings. The fourth-order valence-electron chi connectivity index (χ4n) is 12.1. The van der Waals surface area contributed by atoms with Crippen LogP contribution in [0, 0.1) is 0 Å². The predicted octanol–water partition coefficient (Wildman–Crippen LogP) is 19.5. The van der Waals surface area contributed by atoms with Crippen LogP contribution in [0.4, 0.5) is 17.1 Å². The maximum Gasteiger partial charge on any atom is 0.0541 e. The number of hydrogen-bond acceptors (Lipinski definition) is 1. The highest BCUT2D eigenvalue weighted by Crippen LogP contribution is 2.50. The zero-order valence-corrected chi connectivity index (χ0v) is 40.8. The minimum absolute atomic E-state index is 0.0632. The van der Waals surface area contributed by atoms with Gasteiger partial charge in [-0.1, -0.05) is 208 Å². The zero-order chi connectivity index (χ0) is 48.6. The lowest BCUT2D eigenvalue weighted by Gasteiger charge is -2.26. The third-order valence-corrected chi connectivity index (χ3v) is 15.6. The summed E-state index contributed by atoms with van der Waals surface area (Å²) >= 11 is 0. The fourth-order valence-corrected chi connectivity index (χ4v) is 12.1. The number of hydrogen-bond donors (Lipinski definition) is 0. The van der Waals surface area contributed by atoms with Crippen LogP contribution < -0.4 is 4.90 Å².